The van der Waals surface area contributed by atoms with Crippen molar-refractivity contribution in [2.75, 3.05) is 21.2 Å². The number of hydrogen-bond donors (Lipinski definition) is 0. The molecule has 0 aliphatic carbocycles. The fourth-order valence-corrected chi connectivity index (χ4v) is 1.18. The van der Waals surface area contributed by atoms with Crippen LogP contribution >= 0.6 is 0 Å². The largest absolute Gasteiger partial charge is 0.497 e. The molecule has 0 spiro atoms. The van der Waals surface area contributed by atoms with E-state index in [1.807, 2.05) is 19.0 Å². The van der Waals surface area contributed by atoms with Crippen LogP contribution < -0.4 is 4.74 Å². The van der Waals surface area contributed by atoms with Gasteiger partial charge < -0.3 is 9.64 Å². The minimum Gasteiger partial charge on any atom is -0.497 e. The molecule has 0 aliphatic heterocycles. The standard InChI is InChI=1S/C11H14N2O3/c1-12(2)7-6-9-4-5-10(16-3)8-11(9)13(14)15/h4-8H,1-3H3/b7-6+. The van der Waals surface area contributed by atoms with Crippen LogP contribution in [0.4, 0.5) is 5.69 Å². The van der Waals surface area contributed by atoms with E-state index < -0.39 is 4.92 Å². The van der Waals surface area contributed by atoms with E-state index in [9.17, 15) is 10.1 Å². The Labute approximate surface area is 94.1 Å². The van der Waals surface area contributed by atoms with Crippen molar-refractivity contribution < 1.29 is 9.66 Å². The van der Waals surface area contributed by atoms with E-state index in [2.05, 4.69) is 0 Å². The first-order valence-electron chi connectivity index (χ1n) is 4.71. The number of methoxy groups -OCH3 is 1. The van der Waals surface area contributed by atoms with E-state index in [-0.39, 0.29) is 5.69 Å². The fourth-order valence-electron chi connectivity index (χ4n) is 1.18. The molecule has 0 bridgehead atoms. The molecule has 0 radical (unpaired) electrons. The number of nitro benzene ring substituents is 1. The Morgan fingerprint density at radius 1 is 1.44 bits per heavy atom. The molecule has 0 saturated carbocycles. The van der Waals surface area contributed by atoms with Crippen molar-refractivity contribution in [1.82, 2.24) is 4.90 Å². The summed E-state index contributed by atoms with van der Waals surface area (Å²) in [6.45, 7) is 0. The summed E-state index contributed by atoms with van der Waals surface area (Å²) >= 11 is 0. The fraction of sp³-hybridized carbons (Fsp3) is 0.273. The van der Waals surface area contributed by atoms with Gasteiger partial charge in [0.05, 0.1) is 23.7 Å². The molecule has 0 aromatic heterocycles. The molecule has 86 valence electrons. The molecule has 1 aromatic rings. The number of nitrogens with zero attached hydrogens (tertiary/aromatic N) is 2. The summed E-state index contributed by atoms with van der Waals surface area (Å²) in [5.41, 5.74) is 0.594. The van der Waals surface area contributed by atoms with Gasteiger partial charge in [0.2, 0.25) is 0 Å². The van der Waals surface area contributed by atoms with Crippen LogP contribution in [0, 0.1) is 10.1 Å². The number of rotatable bonds is 4. The van der Waals surface area contributed by atoms with Gasteiger partial charge in [-0.1, -0.05) is 0 Å². The van der Waals surface area contributed by atoms with Gasteiger partial charge in [-0.05, 0) is 24.4 Å². The molecular formula is C11H14N2O3. The van der Waals surface area contributed by atoms with Gasteiger partial charge in [0.1, 0.15) is 5.75 Å². The van der Waals surface area contributed by atoms with E-state index in [1.165, 1.54) is 13.2 Å². The minimum absolute atomic E-state index is 0.0393. The SMILES string of the molecule is COc1ccc(/C=C/N(C)C)c([N+](=O)[O-])c1. The van der Waals surface area contributed by atoms with E-state index >= 15 is 0 Å². The van der Waals surface area contributed by atoms with Gasteiger partial charge in [-0.3, -0.25) is 10.1 Å². The molecule has 16 heavy (non-hydrogen) atoms. The maximum atomic E-state index is 10.8. The second-order valence-electron chi connectivity index (χ2n) is 3.46. The lowest BCUT2D eigenvalue weighted by molar-refractivity contribution is -0.385. The van der Waals surface area contributed by atoms with Crippen LogP contribution in [0.2, 0.25) is 0 Å². The van der Waals surface area contributed by atoms with Crippen LogP contribution in [-0.2, 0) is 0 Å². The zero-order valence-corrected chi connectivity index (χ0v) is 9.51. The molecule has 0 aliphatic rings. The van der Waals surface area contributed by atoms with E-state index in [4.69, 9.17) is 4.74 Å². The topological polar surface area (TPSA) is 55.6 Å². The van der Waals surface area contributed by atoms with Gasteiger partial charge in [0.15, 0.2) is 0 Å². The summed E-state index contributed by atoms with van der Waals surface area (Å²) in [6.07, 6.45) is 3.45. The van der Waals surface area contributed by atoms with Crippen molar-refractivity contribution in [1.29, 1.82) is 0 Å². The van der Waals surface area contributed by atoms with Gasteiger partial charge in [-0.2, -0.15) is 0 Å². The van der Waals surface area contributed by atoms with Gasteiger partial charge in [-0.15, -0.1) is 0 Å². The summed E-state index contributed by atoms with van der Waals surface area (Å²) in [6, 6.07) is 4.77. The van der Waals surface area contributed by atoms with Crippen LogP contribution in [0.3, 0.4) is 0 Å². The Kier molecular flexibility index (Phi) is 3.88. The van der Waals surface area contributed by atoms with E-state index in [0.717, 1.165) is 0 Å². The smallest absolute Gasteiger partial charge is 0.280 e. The lowest BCUT2D eigenvalue weighted by Gasteiger charge is -2.05. The normalized spacial score (nSPS) is 10.4. The number of benzene rings is 1. The van der Waals surface area contributed by atoms with Gasteiger partial charge in [-0.25, -0.2) is 0 Å². The molecule has 0 saturated heterocycles. The third-order valence-corrected chi connectivity index (χ3v) is 1.99. The van der Waals surface area contributed by atoms with Gasteiger partial charge >= 0.3 is 0 Å². The molecule has 0 N–H and O–H groups in total. The summed E-state index contributed by atoms with van der Waals surface area (Å²) in [7, 11) is 5.19. The molecule has 0 unspecified atom stereocenters. The van der Waals surface area contributed by atoms with Crippen molar-refractivity contribution >= 4 is 11.8 Å². The van der Waals surface area contributed by atoms with Crippen LogP contribution in [0.15, 0.2) is 24.4 Å². The van der Waals surface area contributed by atoms with Crippen LogP contribution in [0.1, 0.15) is 5.56 Å². The highest BCUT2D eigenvalue weighted by molar-refractivity contribution is 5.62. The summed E-state index contributed by atoms with van der Waals surface area (Å²) < 4.78 is 4.95. The maximum absolute atomic E-state index is 10.8. The molecule has 0 fully saturated rings. The van der Waals surface area contributed by atoms with Crippen LogP contribution in [0.5, 0.6) is 5.75 Å². The highest BCUT2D eigenvalue weighted by Crippen LogP contribution is 2.25. The van der Waals surface area contributed by atoms with Crippen molar-refractivity contribution in [3.05, 3.63) is 40.1 Å². The molecule has 1 aromatic carbocycles. The minimum atomic E-state index is -0.419. The zero-order chi connectivity index (χ0) is 12.1. The first-order valence-corrected chi connectivity index (χ1v) is 4.71. The monoisotopic (exact) mass is 222 g/mol. The molecule has 0 atom stereocenters. The summed E-state index contributed by atoms with van der Waals surface area (Å²) in [5.74, 6) is 0.480. The van der Waals surface area contributed by atoms with Crippen LogP contribution in [0.25, 0.3) is 6.08 Å². The molecule has 5 heteroatoms. The van der Waals surface area contributed by atoms with Crippen molar-refractivity contribution in [2.45, 2.75) is 0 Å². The first-order chi connectivity index (χ1) is 7.54. The highest BCUT2D eigenvalue weighted by atomic mass is 16.6. The maximum Gasteiger partial charge on any atom is 0.280 e. The average molecular weight is 222 g/mol. The molecule has 5 nitrogen and oxygen atoms in total. The summed E-state index contributed by atoms with van der Waals surface area (Å²) in [4.78, 5) is 12.2. The zero-order valence-electron chi connectivity index (χ0n) is 9.51. The quantitative estimate of drug-likeness (QED) is 0.578. The van der Waals surface area contributed by atoms with Crippen molar-refractivity contribution in [2.24, 2.45) is 0 Å². The lowest BCUT2D eigenvalue weighted by atomic mass is 10.1. The Hall–Kier alpha value is -2.04. The van der Waals surface area contributed by atoms with E-state index in [1.54, 1.807) is 24.4 Å². The Morgan fingerprint density at radius 3 is 2.62 bits per heavy atom. The first kappa shape index (κ1) is 12.0. The Balaban J connectivity index is 3.13. The molecule has 0 amide bonds. The Morgan fingerprint density at radius 2 is 2.12 bits per heavy atom. The average Bonchev–Trinajstić information content (AvgIpc) is 2.25. The van der Waals surface area contributed by atoms with Gasteiger partial charge in [0, 0.05) is 14.1 Å². The lowest BCUT2D eigenvalue weighted by Crippen LogP contribution is -2.00. The second kappa shape index (κ2) is 5.16. The second-order valence-corrected chi connectivity index (χ2v) is 3.46. The van der Waals surface area contributed by atoms with Crippen molar-refractivity contribution in [3.63, 3.8) is 0 Å². The Bertz CT molecular complexity index is 414. The highest BCUT2D eigenvalue weighted by Gasteiger charge is 2.12. The molecular weight excluding hydrogens is 208 g/mol. The molecule has 1 rings (SSSR count). The third-order valence-electron chi connectivity index (χ3n) is 1.99. The number of ether oxygens (including phenoxy) is 1. The molecule has 0 heterocycles. The number of hydrogen-bond acceptors (Lipinski definition) is 4. The predicted molar refractivity (Wildman–Crippen MR) is 62.4 cm³/mol. The number of nitro groups is 1. The van der Waals surface area contributed by atoms with E-state index in [0.29, 0.717) is 11.3 Å². The van der Waals surface area contributed by atoms with Crippen molar-refractivity contribution in [3.8, 4) is 5.75 Å². The van der Waals surface area contributed by atoms with Gasteiger partial charge in [0.25, 0.3) is 5.69 Å². The summed E-state index contributed by atoms with van der Waals surface area (Å²) in [5, 5.41) is 10.8. The third kappa shape index (κ3) is 2.98. The van der Waals surface area contributed by atoms with Crippen LogP contribution in [-0.4, -0.2) is 31.0 Å². The predicted octanol–water partition coefficient (Wildman–Crippen LogP) is 2.14.